The summed E-state index contributed by atoms with van der Waals surface area (Å²) in [5.41, 5.74) is 3.72. The third-order valence-corrected chi connectivity index (χ3v) is 3.97. The van der Waals surface area contributed by atoms with Gasteiger partial charge in [0, 0.05) is 5.56 Å². The number of carboxylic acid groups (broad SMARTS) is 1. The summed E-state index contributed by atoms with van der Waals surface area (Å²) in [5, 5.41) is 13.4. The lowest BCUT2D eigenvalue weighted by Crippen LogP contribution is -2.02. The van der Waals surface area contributed by atoms with Gasteiger partial charge in [-0.05, 0) is 60.9 Å². The maximum atomic E-state index is 13.5. The number of aryl methyl sites for hydroxylation is 2. The molecule has 122 valence electrons. The van der Waals surface area contributed by atoms with Gasteiger partial charge in [-0.1, -0.05) is 19.1 Å². The average Bonchev–Trinajstić information content (AvgIpc) is 3.03. The zero-order valence-corrected chi connectivity index (χ0v) is 13.5. The van der Waals surface area contributed by atoms with Crippen molar-refractivity contribution in [2.45, 2.75) is 20.3 Å². The van der Waals surface area contributed by atoms with Crippen molar-refractivity contribution in [2.24, 2.45) is 0 Å². The monoisotopic (exact) mass is 324 g/mol. The van der Waals surface area contributed by atoms with Crippen molar-refractivity contribution < 1.29 is 14.3 Å². The molecule has 0 bridgehead atoms. The molecule has 0 aliphatic rings. The van der Waals surface area contributed by atoms with Gasteiger partial charge in [0.2, 0.25) is 0 Å². The van der Waals surface area contributed by atoms with E-state index in [2.05, 4.69) is 12.0 Å². The van der Waals surface area contributed by atoms with Crippen LogP contribution in [0.3, 0.4) is 0 Å². The highest BCUT2D eigenvalue weighted by Crippen LogP contribution is 2.26. The molecular weight excluding hydrogens is 307 g/mol. The Kier molecular flexibility index (Phi) is 4.16. The minimum atomic E-state index is -1.10. The van der Waals surface area contributed by atoms with Crippen LogP contribution in [0, 0.1) is 12.7 Å². The first kappa shape index (κ1) is 15.9. The van der Waals surface area contributed by atoms with Gasteiger partial charge in [0.05, 0.1) is 11.4 Å². The summed E-state index contributed by atoms with van der Waals surface area (Å²) >= 11 is 0. The van der Waals surface area contributed by atoms with E-state index < -0.39 is 5.97 Å². The Labute approximate surface area is 139 Å². The Morgan fingerprint density at radius 2 is 1.88 bits per heavy atom. The standard InChI is InChI=1S/C19H17FN2O2/c1-3-13-4-7-15(8-5-13)22-18(11-17(21-22)19(23)24)14-6-9-16(20)12(2)10-14/h4-11H,3H2,1-2H3,(H,23,24). The predicted octanol–water partition coefficient (Wildman–Crippen LogP) is 4.25. The molecule has 0 aliphatic carbocycles. The van der Waals surface area contributed by atoms with E-state index in [1.807, 2.05) is 24.3 Å². The van der Waals surface area contributed by atoms with E-state index in [0.29, 0.717) is 16.8 Å². The second-order valence-corrected chi connectivity index (χ2v) is 5.62. The van der Waals surface area contributed by atoms with Crippen molar-refractivity contribution >= 4 is 5.97 Å². The second-order valence-electron chi connectivity index (χ2n) is 5.62. The van der Waals surface area contributed by atoms with E-state index >= 15 is 0 Å². The van der Waals surface area contributed by atoms with Crippen LogP contribution in [0.4, 0.5) is 4.39 Å². The van der Waals surface area contributed by atoms with Crippen LogP contribution >= 0.6 is 0 Å². The van der Waals surface area contributed by atoms with Crippen molar-refractivity contribution in [3.63, 3.8) is 0 Å². The molecule has 0 amide bonds. The molecule has 4 nitrogen and oxygen atoms in total. The minimum Gasteiger partial charge on any atom is -0.476 e. The molecule has 1 heterocycles. The summed E-state index contributed by atoms with van der Waals surface area (Å²) in [6, 6.07) is 14.0. The van der Waals surface area contributed by atoms with Crippen LogP contribution in [0.5, 0.6) is 0 Å². The topological polar surface area (TPSA) is 55.1 Å². The van der Waals surface area contributed by atoms with Gasteiger partial charge in [-0.3, -0.25) is 0 Å². The first-order valence-corrected chi connectivity index (χ1v) is 7.68. The molecule has 3 aromatic rings. The lowest BCUT2D eigenvalue weighted by molar-refractivity contribution is 0.0690. The van der Waals surface area contributed by atoms with E-state index in [9.17, 15) is 14.3 Å². The molecule has 0 saturated carbocycles. The molecule has 0 fully saturated rings. The van der Waals surface area contributed by atoms with Crippen LogP contribution in [0.1, 0.15) is 28.5 Å². The van der Waals surface area contributed by atoms with Crippen molar-refractivity contribution in [1.82, 2.24) is 9.78 Å². The molecule has 2 aromatic carbocycles. The Morgan fingerprint density at radius 3 is 2.46 bits per heavy atom. The normalized spacial score (nSPS) is 10.8. The number of nitrogens with zero attached hydrogens (tertiary/aromatic N) is 2. The summed E-state index contributed by atoms with van der Waals surface area (Å²) < 4.78 is 15.1. The van der Waals surface area contributed by atoms with Gasteiger partial charge in [0.25, 0.3) is 0 Å². The first-order valence-electron chi connectivity index (χ1n) is 7.68. The van der Waals surface area contributed by atoms with Crippen LogP contribution in [-0.4, -0.2) is 20.9 Å². The first-order chi connectivity index (χ1) is 11.5. The summed E-state index contributed by atoms with van der Waals surface area (Å²) in [7, 11) is 0. The third kappa shape index (κ3) is 2.93. The molecule has 0 atom stereocenters. The number of aromatic carboxylic acids is 1. The van der Waals surface area contributed by atoms with Crippen LogP contribution in [-0.2, 0) is 6.42 Å². The molecule has 0 aliphatic heterocycles. The van der Waals surface area contributed by atoms with Crippen molar-refractivity contribution in [1.29, 1.82) is 0 Å². The van der Waals surface area contributed by atoms with E-state index in [-0.39, 0.29) is 11.5 Å². The lowest BCUT2D eigenvalue weighted by atomic mass is 10.1. The fraction of sp³-hybridized carbons (Fsp3) is 0.158. The average molecular weight is 324 g/mol. The minimum absolute atomic E-state index is 0.0495. The van der Waals surface area contributed by atoms with E-state index in [0.717, 1.165) is 12.1 Å². The Morgan fingerprint density at radius 1 is 1.17 bits per heavy atom. The molecule has 3 rings (SSSR count). The molecule has 0 saturated heterocycles. The zero-order valence-electron chi connectivity index (χ0n) is 13.5. The highest BCUT2D eigenvalue weighted by Gasteiger charge is 2.16. The molecule has 0 unspecified atom stereocenters. The Bertz CT molecular complexity index is 898. The summed E-state index contributed by atoms with van der Waals surface area (Å²) in [6.07, 6.45) is 0.920. The fourth-order valence-corrected chi connectivity index (χ4v) is 2.56. The molecule has 1 N–H and O–H groups in total. The number of hydrogen-bond donors (Lipinski definition) is 1. The quantitative estimate of drug-likeness (QED) is 0.780. The molecular formula is C19H17FN2O2. The fourth-order valence-electron chi connectivity index (χ4n) is 2.56. The van der Waals surface area contributed by atoms with Gasteiger partial charge in [-0.2, -0.15) is 5.10 Å². The van der Waals surface area contributed by atoms with E-state index in [1.54, 1.807) is 23.7 Å². The van der Waals surface area contributed by atoms with Gasteiger partial charge in [0.15, 0.2) is 5.69 Å². The van der Waals surface area contributed by atoms with Crippen molar-refractivity contribution in [3.05, 3.63) is 71.2 Å². The molecule has 5 heteroatoms. The molecule has 24 heavy (non-hydrogen) atoms. The highest BCUT2D eigenvalue weighted by molar-refractivity contribution is 5.87. The zero-order chi connectivity index (χ0) is 17.3. The number of halogens is 1. The lowest BCUT2D eigenvalue weighted by Gasteiger charge is -2.09. The number of benzene rings is 2. The predicted molar refractivity (Wildman–Crippen MR) is 90.0 cm³/mol. The van der Waals surface area contributed by atoms with Gasteiger partial charge in [-0.25, -0.2) is 13.9 Å². The number of carbonyl (C=O) groups is 1. The SMILES string of the molecule is CCc1ccc(-n2nc(C(=O)O)cc2-c2ccc(F)c(C)c2)cc1. The molecule has 0 radical (unpaired) electrons. The Hall–Kier alpha value is -2.95. The van der Waals surface area contributed by atoms with Gasteiger partial charge < -0.3 is 5.11 Å². The maximum absolute atomic E-state index is 13.5. The van der Waals surface area contributed by atoms with Gasteiger partial charge in [-0.15, -0.1) is 0 Å². The van der Waals surface area contributed by atoms with Gasteiger partial charge >= 0.3 is 5.97 Å². The van der Waals surface area contributed by atoms with Crippen LogP contribution in [0.2, 0.25) is 0 Å². The van der Waals surface area contributed by atoms with Crippen molar-refractivity contribution in [2.75, 3.05) is 0 Å². The largest absolute Gasteiger partial charge is 0.476 e. The third-order valence-electron chi connectivity index (χ3n) is 3.97. The Balaban J connectivity index is 2.16. The summed E-state index contributed by atoms with van der Waals surface area (Å²) in [4.78, 5) is 11.3. The van der Waals surface area contributed by atoms with Crippen LogP contribution < -0.4 is 0 Å². The van der Waals surface area contributed by atoms with E-state index in [4.69, 9.17) is 0 Å². The number of aromatic nitrogens is 2. The summed E-state index contributed by atoms with van der Waals surface area (Å²) in [6.45, 7) is 3.74. The maximum Gasteiger partial charge on any atom is 0.356 e. The number of carboxylic acids is 1. The smallest absolute Gasteiger partial charge is 0.356 e. The van der Waals surface area contributed by atoms with Crippen molar-refractivity contribution in [3.8, 4) is 16.9 Å². The highest BCUT2D eigenvalue weighted by atomic mass is 19.1. The molecule has 0 spiro atoms. The van der Waals surface area contributed by atoms with Gasteiger partial charge in [0.1, 0.15) is 5.82 Å². The van der Waals surface area contributed by atoms with E-state index in [1.165, 1.54) is 17.7 Å². The summed E-state index contributed by atoms with van der Waals surface area (Å²) in [5.74, 6) is -1.39. The number of hydrogen-bond acceptors (Lipinski definition) is 2. The van der Waals surface area contributed by atoms with Crippen LogP contribution in [0.25, 0.3) is 16.9 Å². The van der Waals surface area contributed by atoms with Crippen LogP contribution in [0.15, 0.2) is 48.5 Å². The second kappa shape index (κ2) is 6.28. The number of rotatable bonds is 4. The molecule has 1 aromatic heterocycles.